The van der Waals surface area contributed by atoms with Crippen LogP contribution in [0.15, 0.2) is 54.9 Å². The lowest BCUT2D eigenvalue weighted by Crippen LogP contribution is -2.39. The number of rotatable bonds is 4. The highest BCUT2D eigenvalue weighted by Crippen LogP contribution is 2.30. The van der Waals surface area contributed by atoms with Gasteiger partial charge in [0.2, 0.25) is 0 Å². The number of piperidine rings is 1. The molecule has 1 saturated heterocycles. The molecule has 1 atom stereocenters. The van der Waals surface area contributed by atoms with Crippen LogP contribution in [0.25, 0.3) is 10.8 Å². The molecular weight excluding hydrogens is 360 g/mol. The van der Waals surface area contributed by atoms with Crippen molar-refractivity contribution in [1.82, 2.24) is 15.6 Å². The fourth-order valence-corrected chi connectivity index (χ4v) is 3.81. The molecular formula is C22H21F2N3O. The molecule has 1 unspecified atom stereocenters. The number of hydrogen-bond acceptors (Lipinski definition) is 3. The summed E-state index contributed by atoms with van der Waals surface area (Å²) in [4.78, 5) is 17.0. The first-order valence-corrected chi connectivity index (χ1v) is 9.42. The van der Waals surface area contributed by atoms with E-state index in [1.165, 1.54) is 6.07 Å². The number of carbonyl (C=O) groups excluding carboxylic acids is 1. The quantitative estimate of drug-likeness (QED) is 0.719. The molecule has 3 aromatic rings. The molecule has 28 heavy (non-hydrogen) atoms. The highest BCUT2D eigenvalue weighted by Gasteiger charge is 2.27. The van der Waals surface area contributed by atoms with Gasteiger partial charge in [0.15, 0.2) is 11.6 Å². The number of amides is 1. The van der Waals surface area contributed by atoms with E-state index in [4.69, 9.17) is 0 Å². The molecule has 0 saturated carbocycles. The highest BCUT2D eigenvalue weighted by molar-refractivity contribution is 5.98. The minimum absolute atomic E-state index is 0.153. The summed E-state index contributed by atoms with van der Waals surface area (Å²) in [5.74, 6) is -1.86. The van der Waals surface area contributed by atoms with Crippen LogP contribution in [0.5, 0.6) is 0 Å². The lowest BCUT2D eigenvalue weighted by molar-refractivity contribution is 0.0914. The van der Waals surface area contributed by atoms with Crippen molar-refractivity contribution in [3.8, 4) is 0 Å². The van der Waals surface area contributed by atoms with Crippen LogP contribution in [0.1, 0.15) is 34.8 Å². The van der Waals surface area contributed by atoms with E-state index in [-0.39, 0.29) is 17.9 Å². The molecule has 4 nitrogen and oxygen atoms in total. The summed E-state index contributed by atoms with van der Waals surface area (Å²) >= 11 is 0. The number of aromatic nitrogens is 1. The number of halogens is 2. The number of benzene rings is 2. The Labute approximate surface area is 162 Å². The van der Waals surface area contributed by atoms with E-state index in [0.717, 1.165) is 42.8 Å². The second-order valence-electron chi connectivity index (χ2n) is 7.15. The molecule has 2 heterocycles. The molecule has 0 radical (unpaired) electrons. The zero-order valence-electron chi connectivity index (χ0n) is 15.3. The van der Waals surface area contributed by atoms with Crippen molar-refractivity contribution < 1.29 is 13.6 Å². The molecule has 1 amide bonds. The largest absolute Gasteiger partial charge is 0.345 e. The predicted octanol–water partition coefficient (Wildman–Crippen LogP) is 3.98. The molecule has 2 N–H and O–H groups in total. The third-order valence-corrected chi connectivity index (χ3v) is 5.35. The molecule has 0 aliphatic carbocycles. The molecule has 144 valence electrons. The second kappa shape index (κ2) is 8.02. The smallest absolute Gasteiger partial charge is 0.251 e. The normalized spacial score (nSPS) is 16.1. The first-order chi connectivity index (χ1) is 13.6. The van der Waals surface area contributed by atoms with Gasteiger partial charge in [-0.05, 0) is 73.1 Å². The van der Waals surface area contributed by atoms with Gasteiger partial charge in [-0.15, -0.1) is 0 Å². The predicted molar refractivity (Wildman–Crippen MR) is 104 cm³/mol. The Bertz CT molecular complexity index is 1000. The van der Waals surface area contributed by atoms with Crippen molar-refractivity contribution >= 4 is 16.7 Å². The molecule has 6 heteroatoms. The maximum Gasteiger partial charge on any atom is 0.251 e. The molecule has 1 fully saturated rings. The first kappa shape index (κ1) is 18.5. The fourth-order valence-electron chi connectivity index (χ4n) is 3.81. The van der Waals surface area contributed by atoms with E-state index in [2.05, 4.69) is 15.6 Å². The van der Waals surface area contributed by atoms with Crippen molar-refractivity contribution in [2.45, 2.75) is 18.9 Å². The third kappa shape index (κ3) is 3.87. The van der Waals surface area contributed by atoms with Gasteiger partial charge in [0.05, 0.1) is 6.04 Å². The van der Waals surface area contributed by atoms with E-state index in [9.17, 15) is 13.6 Å². The number of fused-ring (bicyclic) bond motifs is 1. The highest BCUT2D eigenvalue weighted by atomic mass is 19.2. The van der Waals surface area contributed by atoms with E-state index in [1.54, 1.807) is 24.5 Å². The van der Waals surface area contributed by atoms with Gasteiger partial charge in [-0.3, -0.25) is 9.78 Å². The van der Waals surface area contributed by atoms with Gasteiger partial charge < -0.3 is 10.6 Å². The topological polar surface area (TPSA) is 54.0 Å². The lowest BCUT2D eigenvalue weighted by Gasteiger charge is -2.32. The van der Waals surface area contributed by atoms with Crippen molar-refractivity contribution in [2.75, 3.05) is 13.1 Å². The number of carbonyl (C=O) groups is 1. The number of nitrogens with zero attached hydrogens (tertiary/aromatic N) is 1. The SMILES string of the molecule is O=C(NC(c1ccc(F)c(F)c1)C1CCNCC1)c1ccc2cnccc2c1. The first-order valence-electron chi connectivity index (χ1n) is 9.42. The van der Waals surface area contributed by atoms with E-state index in [1.807, 2.05) is 18.2 Å². The minimum atomic E-state index is -0.899. The van der Waals surface area contributed by atoms with Gasteiger partial charge >= 0.3 is 0 Å². The van der Waals surface area contributed by atoms with Crippen LogP contribution in [-0.4, -0.2) is 24.0 Å². The molecule has 2 aromatic carbocycles. The van der Waals surface area contributed by atoms with Gasteiger partial charge in [0.1, 0.15) is 0 Å². The van der Waals surface area contributed by atoms with Crippen LogP contribution in [0.4, 0.5) is 8.78 Å². The lowest BCUT2D eigenvalue weighted by atomic mass is 9.85. The number of pyridine rings is 1. The number of nitrogens with one attached hydrogen (secondary N) is 2. The molecule has 0 bridgehead atoms. The third-order valence-electron chi connectivity index (χ3n) is 5.35. The van der Waals surface area contributed by atoms with Gasteiger partial charge in [0.25, 0.3) is 5.91 Å². The Hall–Kier alpha value is -2.86. The molecule has 4 rings (SSSR count). The molecule has 1 aliphatic heterocycles. The monoisotopic (exact) mass is 381 g/mol. The Morgan fingerprint density at radius 3 is 2.64 bits per heavy atom. The summed E-state index contributed by atoms with van der Waals surface area (Å²) in [5.41, 5.74) is 1.12. The fraction of sp³-hybridized carbons (Fsp3) is 0.273. The number of hydrogen-bond donors (Lipinski definition) is 2. The van der Waals surface area contributed by atoms with Crippen molar-refractivity contribution in [3.63, 3.8) is 0 Å². The van der Waals surface area contributed by atoms with Crippen molar-refractivity contribution in [3.05, 3.63) is 77.6 Å². The average Bonchev–Trinajstić information content (AvgIpc) is 2.74. The second-order valence-corrected chi connectivity index (χ2v) is 7.15. The summed E-state index contributed by atoms with van der Waals surface area (Å²) in [6, 6.07) is 10.8. The summed E-state index contributed by atoms with van der Waals surface area (Å²) in [7, 11) is 0. The van der Waals surface area contributed by atoms with Gasteiger partial charge in [-0.2, -0.15) is 0 Å². The Balaban J connectivity index is 1.63. The Kier molecular flexibility index (Phi) is 5.30. The van der Waals surface area contributed by atoms with Crippen LogP contribution in [0.3, 0.4) is 0 Å². The average molecular weight is 381 g/mol. The molecule has 1 aliphatic rings. The molecule has 0 spiro atoms. The molecule has 1 aromatic heterocycles. The summed E-state index contributed by atoms with van der Waals surface area (Å²) in [6.45, 7) is 1.67. The van der Waals surface area contributed by atoms with Crippen molar-refractivity contribution in [2.24, 2.45) is 5.92 Å². The Morgan fingerprint density at radius 1 is 1.04 bits per heavy atom. The Morgan fingerprint density at radius 2 is 1.86 bits per heavy atom. The zero-order chi connectivity index (χ0) is 19.5. The van der Waals surface area contributed by atoms with Crippen LogP contribution in [-0.2, 0) is 0 Å². The van der Waals surface area contributed by atoms with Crippen LogP contribution < -0.4 is 10.6 Å². The summed E-state index contributed by atoms with van der Waals surface area (Å²) < 4.78 is 27.2. The van der Waals surface area contributed by atoms with Gasteiger partial charge in [-0.1, -0.05) is 12.1 Å². The van der Waals surface area contributed by atoms with Gasteiger partial charge in [-0.25, -0.2) is 8.78 Å². The van der Waals surface area contributed by atoms with Crippen LogP contribution >= 0.6 is 0 Å². The standard InChI is InChI=1S/C22H21F2N3O/c23-19-4-3-16(12-20(19)24)21(14-5-8-25-9-6-14)27-22(28)17-1-2-18-13-26-10-7-15(18)11-17/h1-4,7,10-14,21,25H,5-6,8-9H2,(H,27,28). The van der Waals surface area contributed by atoms with Crippen molar-refractivity contribution in [1.29, 1.82) is 0 Å². The van der Waals surface area contributed by atoms with Gasteiger partial charge in [0, 0.05) is 23.3 Å². The zero-order valence-corrected chi connectivity index (χ0v) is 15.3. The van der Waals surface area contributed by atoms with E-state index in [0.29, 0.717) is 11.1 Å². The minimum Gasteiger partial charge on any atom is -0.345 e. The van der Waals surface area contributed by atoms with Crippen LogP contribution in [0, 0.1) is 17.6 Å². The van der Waals surface area contributed by atoms with Crippen LogP contribution in [0.2, 0.25) is 0 Å². The van der Waals surface area contributed by atoms with E-state index < -0.39 is 11.6 Å². The maximum atomic E-state index is 13.8. The maximum absolute atomic E-state index is 13.8. The van der Waals surface area contributed by atoms with E-state index >= 15 is 0 Å². The summed E-state index contributed by atoms with van der Waals surface area (Å²) in [6.07, 6.45) is 5.14. The summed E-state index contributed by atoms with van der Waals surface area (Å²) in [5, 5.41) is 8.23.